The van der Waals surface area contributed by atoms with Crippen molar-refractivity contribution in [1.82, 2.24) is 4.72 Å². The lowest BCUT2D eigenvalue weighted by molar-refractivity contribution is 0.204. The van der Waals surface area contributed by atoms with Crippen LogP contribution in [0.2, 0.25) is 0 Å². The minimum absolute atomic E-state index is 0.0217. The third-order valence-corrected chi connectivity index (χ3v) is 3.28. The van der Waals surface area contributed by atoms with Gasteiger partial charge in [-0.3, -0.25) is 4.72 Å². The molecule has 20 heavy (non-hydrogen) atoms. The summed E-state index contributed by atoms with van der Waals surface area (Å²) >= 11 is 0. The summed E-state index contributed by atoms with van der Waals surface area (Å²) in [7, 11) is -2.45. The highest BCUT2D eigenvalue weighted by molar-refractivity contribution is 7.90. The third-order valence-electron chi connectivity index (χ3n) is 2.21. The quantitative estimate of drug-likeness (QED) is 0.183. The lowest BCUT2D eigenvalue weighted by Gasteiger charge is -2.12. The minimum Gasteiger partial charge on any atom is -0.409 e. The Morgan fingerprint density at radius 3 is 2.85 bits per heavy atom. The molecule has 0 radical (unpaired) electrons. The molecule has 0 saturated heterocycles. The largest absolute Gasteiger partial charge is 0.409 e. The number of rotatable bonds is 7. The SMILES string of the molecule is COCCNS(=O)(=O)Nc1ccc(F)cc1/C(N)=N/O. The van der Waals surface area contributed by atoms with E-state index in [4.69, 9.17) is 15.7 Å². The standard InChI is InChI=1S/C10H15FN4O4S/c1-19-5-4-13-20(17,18)15-9-3-2-7(11)6-8(9)10(12)14-16/h2-3,6,13,15-16H,4-5H2,1H3,(H2,12,14). The van der Waals surface area contributed by atoms with Crippen LogP contribution < -0.4 is 15.2 Å². The highest BCUT2D eigenvalue weighted by Gasteiger charge is 2.15. The van der Waals surface area contributed by atoms with Crippen LogP contribution in [0.1, 0.15) is 5.56 Å². The number of hydrogen-bond donors (Lipinski definition) is 4. The maximum absolute atomic E-state index is 13.1. The molecular weight excluding hydrogens is 291 g/mol. The smallest absolute Gasteiger partial charge is 0.299 e. The molecule has 0 aliphatic rings. The summed E-state index contributed by atoms with van der Waals surface area (Å²) in [6, 6.07) is 3.15. The van der Waals surface area contributed by atoms with Gasteiger partial charge in [0.05, 0.1) is 12.3 Å². The summed E-state index contributed by atoms with van der Waals surface area (Å²) in [4.78, 5) is 0. The molecule has 1 rings (SSSR count). The predicted octanol–water partition coefficient (Wildman–Crippen LogP) is -0.187. The van der Waals surface area contributed by atoms with E-state index >= 15 is 0 Å². The second kappa shape index (κ2) is 7.03. The van der Waals surface area contributed by atoms with E-state index in [0.29, 0.717) is 0 Å². The van der Waals surface area contributed by atoms with Gasteiger partial charge in [0.15, 0.2) is 5.84 Å². The molecule has 0 saturated carbocycles. The molecule has 0 aromatic heterocycles. The van der Waals surface area contributed by atoms with Crippen molar-refractivity contribution in [2.75, 3.05) is 25.0 Å². The first-order valence-corrected chi connectivity index (χ1v) is 6.91. The molecule has 112 valence electrons. The Hall–Kier alpha value is -1.91. The van der Waals surface area contributed by atoms with Gasteiger partial charge < -0.3 is 15.7 Å². The molecule has 0 aliphatic heterocycles. The van der Waals surface area contributed by atoms with Crippen molar-refractivity contribution in [3.63, 3.8) is 0 Å². The van der Waals surface area contributed by atoms with E-state index in [1.807, 2.05) is 0 Å². The second-order valence-electron chi connectivity index (χ2n) is 3.67. The zero-order valence-corrected chi connectivity index (χ0v) is 11.4. The number of amidine groups is 1. The van der Waals surface area contributed by atoms with Crippen LogP contribution in [-0.2, 0) is 14.9 Å². The lowest BCUT2D eigenvalue weighted by atomic mass is 10.1. The zero-order chi connectivity index (χ0) is 15.2. The Morgan fingerprint density at radius 1 is 1.55 bits per heavy atom. The Labute approximate surface area is 115 Å². The maximum atomic E-state index is 13.1. The number of hydrogen-bond acceptors (Lipinski definition) is 5. The molecule has 10 heteroatoms. The van der Waals surface area contributed by atoms with Crippen molar-refractivity contribution in [2.45, 2.75) is 0 Å². The van der Waals surface area contributed by atoms with Crippen LogP contribution >= 0.6 is 0 Å². The van der Waals surface area contributed by atoms with Gasteiger partial charge in [-0.1, -0.05) is 5.16 Å². The van der Waals surface area contributed by atoms with Gasteiger partial charge in [-0.2, -0.15) is 13.1 Å². The number of halogens is 1. The molecule has 5 N–H and O–H groups in total. The molecule has 0 fully saturated rings. The molecule has 0 unspecified atom stereocenters. The van der Waals surface area contributed by atoms with Gasteiger partial charge in [0.1, 0.15) is 5.82 Å². The second-order valence-corrected chi connectivity index (χ2v) is 5.17. The van der Waals surface area contributed by atoms with Gasteiger partial charge in [-0.25, -0.2) is 4.39 Å². The summed E-state index contributed by atoms with van der Waals surface area (Å²) in [5.74, 6) is -1.07. The van der Waals surface area contributed by atoms with Crippen molar-refractivity contribution >= 4 is 21.7 Å². The summed E-state index contributed by atoms with van der Waals surface area (Å²) in [5.41, 5.74) is 5.26. The molecule has 1 aromatic carbocycles. The fourth-order valence-electron chi connectivity index (χ4n) is 1.33. The Kier molecular flexibility index (Phi) is 5.67. The average molecular weight is 306 g/mol. The predicted molar refractivity (Wildman–Crippen MR) is 71.3 cm³/mol. The topological polar surface area (TPSA) is 126 Å². The van der Waals surface area contributed by atoms with E-state index in [1.54, 1.807) is 0 Å². The van der Waals surface area contributed by atoms with Gasteiger partial charge >= 0.3 is 0 Å². The number of anilines is 1. The highest BCUT2D eigenvalue weighted by Crippen LogP contribution is 2.17. The monoisotopic (exact) mass is 306 g/mol. The molecule has 0 amide bonds. The van der Waals surface area contributed by atoms with Crippen molar-refractivity contribution in [3.8, 4) is 0 Å². The number of oxime groups is 1. The Morgan fingerprint density at radius 2 is 2.25 bits per heavy atom. The number of nitrogens with zero attached hydrogens (tertiary/aromatic N) is 1. The van der Waals surface area contributed by atoms with Crippen molar-refractivity contribution in [2.24, 2.45) is 10.9 Å². The average Bonchev–Trinajstić information content (AvgIpc) is 2.40. The molecule has 0 heterocycles. The van der Waals surface area contributed by atoms with E-state index < -0.39 is 21.9 Å². The first-order valence-electron chi connectivity index (χ1n) is 5.43. The zero-order valence-electron chi connectivity index (χ0n) is 10.6. The third kappa shape index (κ3) is 4.64. The minimum atomic E-state index is -3.88. The van der Waals surface area contributed by atoms with Crippen LogP contribution in [0.3, 0.4) is 0 Å². The van der Waals surface area contributed by atoms with E-state index in [0.717, 1.165) is 18.2 Å². The maximum Gasteiger partial charge on any atom is 0.299 e. The van der Waals surface area contributed by atoms with Crippen LogP contribution in [-0.4, -0.2) is 39.7 Å². The van der Waals surface area contributed by atoms with Gasteiger partial charge in [-0.15, -0.1) is 0 Å². The van der Waals surface area contributed by atoms with Gasteiger partial charge in [0, 0.05) is 19.2 Å². The summed E-state index contributed by atoms with van der Waals surface area (Å²) in [5, 5.41) is 11.3. The summed E-state index contributed by atoms with van der Waals surface area (Å²) < 4.78 is 45.6. The summed E-state index contributed by atoms with van der Waals surface area (Å²) in [6.07, 6.45) is 0. The van der Waals surface area contributed by atoms with Gasteiger partial charge in [0.25, 0.3) is 10.2 Å². The molecule has 1 aromatic rings. The lowest BCUT2D eigenvalue weighted by Crippen LogP contribution is -2.33. The molecular formula is C10H15FN4O4S. The van der Waals surface area contributed by atoms with Crippen LogP contribution in [0, 0.1) is 5.82 Å². The number of nitrogens with one attached hydrogen (secondary N) is 2. The van der Waals surface area contributed by atoms with Gasteiger partial charge in [0.2, 0.25) is 0 Å². The van der Waals surface area contributed by atoms with Gasteiger partial charge in [-0.05, 0) is 18.2 Å². The number of ether oxygens (including phenoxy) is 1. The van der Waals surface area contributed by atoms with Crippen LogP contribution in [0.25, 0.3) is 0 Å². The Bertz CT molecular complexity index is 591. The molecule has 8 nitrogen and oxygen atoms in total. The van der Waals surface area contributed by atoms with E-state index in [2.05, 4.69) is 14.6 Å². The van der Waals surface area contributed by atoms with Crippen molar-refractivity contribution in [3.05, 3.63) is 29.6 Å². The number of benzene rings is 1. The fraction of sp³-hybridized carbons (Fsp3) is 0.300. The van der Waals surface area contributed by atoms with Crippen molar-refractivity contribution < 1.29 is 22.8 Å². The normalized spacial score (nSPS) is 12.4. The number of methoxy groups -OCH3 is 1. The van der Waals surface area contributed by atoms with Crippen LogP contribution in [0.5, 0.6) is 0 Å². The van der Waals surface area contributed by atoms with E-state index in [9.17, 15) is 12.8 Å². The fourth-order valence-corrected chi connectivity index (χ4v) is 2.22. The van der Waals surface area contributed by atoms with Crippen LogP contribution in [0.4, 0.5) is 10.1 Å². The molecule has 0 bridgehead atoms. The molecule has 0 atom stereocenters. The van der Waals surface area contributed by atoms with Crippen molar-refractivity contribution in [1.29, 1.82) is 0 Å². The first-order chi connectivity index (χ1) is 9.39. The van der Waals surface area contributed by atoms with E-state index in [-0.39, 0.29) is 24.4 Å². The highest BCUT2D eigenvalue weighted by atomic mass is 32.2. The summed E-state index contributed by atoms with van der Waals surface area (Å²) in [6.45, 7) is 0.253. The molecule has 0 spiro atoms. The van der Waals surface area contributed by atoms with Crippen LogP contribution in [0.15, 0.2) is 23.4 Å². The molecule has 0 aliphatic carbocycles. The van der Waals surface area contributed by atoms with E-state index in [1.165, 1.54) is 7.11 Å². The number of nitrogens with two attached hydrogens (primary N) is 1. The Balaban J connectivity index is 2.97. The first kappa shape index (κ1) is 16.1.